The number of nitrogens with one attached hydrogen (secondary N) is 3. The first-order valence-corrected chi connectivity index (χ1v) is 19.7. The van der Waals surface area contributed by atoms with Crippen LogP contribution in [0.25, 0.3) is 16.5 Å². The molecule has 3 aromatic carbocycles. The number of phenols is 1. The van der Waals surface area contributed by atoms with Crippen molar-refractivity contribution in [2.75, 3.05) is 6.54 Å². The molecule has 0 radical (unpaired) electrons. The second kappa shape index (κ2) is 19.5. The number of phenolic OH excluding ortho intramolecular Hbond substituents is 1. The van der Waals surface area contributed by atoms with Crippen LogP contribution in [0, 0.1) is 11.7 Å². The van der Waals surface area contributed by atoms with Gasteiger partial charge in [0.05, 0.1) is 12.1 Å². The molecule has 3 atom stereocenters. The Morgan fingerprint density at radius 1 is 0.860 bits per heavy atom. The number of carbonyl (C=O) groups is 4. The standard InChI is InChI=1S/C45H47ClFN5O5/c46-34-11-6-28(7-12-34)21-32(24-43(55)41(51-44(56)5-2-18-48)23-33-27-50-39-15-14-36(53)26-38(33)39)45(57)52-40(22-29-16-19-49-20-17-29)42(54)4-1-3-30-8-9-31-10-13-35(47)25-37(30)31/h6-8,10-17,19-20,25-27,32,40-41,50,53H,1-5,9,18,21-24,48H2,(H,51,56)(H,52,57)/t32-,40+,41+/m1/s1. The number of hydrogen-bond donors (Lipinski definition) is 5. The quantitative estimate of drug-likeness (QED) is 0.0581. The van der Waals surface area contributed by atoms with Gasteiger partial charge in [0.15, 0.2) is 11.6 Å². The summed E-state index contributed by atoms with van der Waals surface area (Å²) in [7, 11) is 0. The van der Waals surface area contributed by atoms with Crippen molar-refractivity contribution < 1.29 is 28.7 Å². The summed E-state index contributed by atoms with van der Waals surface area (Å²) < 4.78 is 14.0. The summed E-state index contributed by atoms with van der Waals surface area (Å²) in [5.41, 5.74) is 11.6. The fraction of sp³-hybridized carbons (Fsp3) is 0.311. The van der Waals surface area contributed by atoms with Crippen LogP contribution in [0.2, 0.25) is 5.02 Å². The van der Waals surface area contributed by atoms with Gasteiger partial charge in [-0.1, -0.05) is 35.9 Å². The highest BCUT2D eigenvalue weighted by Crippen LogP contribution is 2.32. The van der Waals surface area contributed by atoms with Gasteiger partial charge in [-0.15, -0.1) is 0 Å². The zero-order valence-electron chi connectivity index (χ0n) is 31.6. The lowest BCUT2D eigenvalue weighted by Gasteiger charge is -2.24. The van der Waals surface area contributed by atoms with Gasteiger partial charge >= 0.3 is 0 Å². The maximum Gasteiger partial charge on any atom is 0.224 e. The molecule has 1 aliphatic rings. The molecular weight excluding hydrogens is 745 g/mol. The summed E-state index contributed by atoms with van der Waals surface area (Å²) in [6, 6.07) is 18.4. The predicted molar refractivity (Wildman–Crippen MR) is 219 cm³/mol. The van der Waals surface area contributed by atoms with E-state index in [9.17, 15) is 28.7 Å². The predicted octanol–water partition coefficient (Wildman–Crippen LogP) is 6.75. The summed E-state index contributed by atoms with van der Waals surface area (Å²) in [6.07, 6.45) is 9.88. The zero-order chi connectivity index (χ0) is 40.3. The molecule has 0 aliphatic heterocycles. The van der Waals surface area contributed by atoms with Crippen LogP contribution >= 0.6 is 11.6 Å². The molecular formula is C45H47ClFN5O5. The van der Waals surface area contributed by atoms with Crippen molar-refractivity contribution in [2.45, 2.75) is 76.3 Å². The minimum Gasteiger partial charge on any atom is -0.508 e. The van der Waals surface area contributed by atoms with Crippen LogP contribution < -0.4 is 16.4 Å². The lowest BCUT2D eigenvalue weighted by Crippen LogP contribution is -2.47. The minimum absolute atomic E-state index is 0.0603. The molecule has 2 heterocycles. The second-order valence-corrected chi connectivity index (χ2v) is 15.1. The average Bonchev–Trinajstić information content (AvgIpc) is 3.80. The number of pyridine rings is 1. The molecule has 0 bridgehead atoms. The molecule has 6 rings (SSSR count). The van der Waals surface area contributed by atoms with E-state index in [1.165, 1.54) is 12.1 Å². The third-order valence-electron chi connectivity index (χ3n) is 10.5. The number of halogens is 2. The number of allylic oxidation sites excluding steroid dienone is 2. The number of aromatic hydroxyl groups is 1. The number of H-pyrrole nitrogens is 1. The Bertz CT molecular complexity index is 2240. The molecule has 2 amide bonds. The summed E-state index contributed by atoms with van der Waals surface area (Å²) >= 11 is 6.17. The van der Waals surface area contributed by atoms with Gasteiger partial charge in [0.1, 0.15) is 11.6 Å². The van der Waals surface area contributed by atoms with E-state index in [-0.39, 0.29) is 67.6 Å². The van der Waals surface area contributed by atoms with Gasteiger partial charge in [-0.05, 0) is 133 Å². The van der Waals surface area contributed by atoms with Gasteiger partial charge in [0, 0.05) is 66.1 Å². The molecule has 57 heavy (non-hydrogen) atoms. The Balaban J connectivity index is 1.22. The van der Waals surface area contributed by atoms with E-state index in [2.05, 4.69) is 26.7 Å². The molecule has 2 aromatic heterocycles. The molecule has 12 heteroatoms. The number of ketones is 2. The van der Waals surface area contributed by atoms with Gasteiger partial charge in [0.25, 0.3) is 0 Å². The van der Waals surface area contributed by atoms with Crippen LogP contribution in [-0.4, -0.2) is 57.1 Å². The maximum atomic E-state index is 14.4. The summed E-state index contributed by atoms with van der Waals surface area (Å²) in [5.74, 6) is -2.49. The van der Waals surface area contributed by atoms with E-state index in [0.29, 0.717) is 41.8 Å². The Labute approximate surface area is 336 Å². The number of hydrogen-bond acceptors (Lipinski definition) is 7. The Morgan fingerprint density at radius 3 is 2.39 bits per heavy atom. The first-order valence-electron chi connectivity index (χ1n) is 19.3. The van der Waals surface area contributed by atoms with Gasteiger partial charge in [0.2, 0.25) is 11.8 Å². The van der Waals surface area contributed by atoms with Crippen LogP contribution in [0.3, 0.4) is 0 Å². The second-order valence-electron chi connectivity index (χ2n) is 14.6. The molecule has 5 aromatic rings. The third kappa shape index (κ3) is 11.2. The zero-order valence-corrected chi connectivity index (χ0v) is 32.4. The number of aromatic nitrogens is 2. The normalized spacial score (nSPS) is 13.7. The van der Waals surface area contributed by atoms with Crippen molar-refractivity contribution >= 4 is 51.5 Å². The lowest BCUT2D eigenvalue weighted by atomic mass is 9.88. The fourth-order valence-corrected chi connectivity index (χ4v) is 7.53. The highest BCUT2D eigenvalue weighted by Gasteiger charge is 2.31. The molecule has 0 spiro atoms. The number of nitrogens with zero attached hydrogens (tertiary/aromatic N) is 1. The minimum atomic E-state index is -0.991. The van der Waals surface area contributed by atoms with Crippen LogP contribution in [0.1, 0.15) is 66.3 Å². The maximum absolute atomic E-state index is 14.4. The number of amides is 2. The van der Waals surface area contributed by atoms with Crippen molar-refractivity contribution in [2.24, 2.45) is 11.7 Å². The highest BCUT2D eigenvalue weighted by atomic mass is 35.5. The van der Waals surface area contributed by atoms with Crippen molar-refractivity contribution in [3.05, 3.63) is 136 Å². The summed E-state index contributed by atoms with van der Waals surface area (Å²) in [5, 5.41) is 17.3. The van der Waals surface area contributed by atoms with Crippen LogP contribution in [-0.2, 0) is 44.9 Å². The van der Waals surface area contributed by atoms with Gasteiger partial charge in [-0.3, -0.25) is 24.2 Å². The van der Waals surface area contributed by atoms with Crippen molar-refractivity contribution in [3.63, 3.8) is 0 Å². The lowest BCUT2D eigenvalue weighted by molar-refractivity contribution is -0.133. The summed E-state index contributed by atoms with van der Waals surface area (Å²) in [6.45, 7) is 0.308. The van der Waals surface area contributed by atoms with Crippen molar-refractivity contribution in [1.82, 2.24) is 20.6 Å². The van der Waals surface area contributed by atoms with E-state index < -0.39 is 23.9 Å². The molecule has 0 fully saturated rings. The molecule has 0 unspecified atom stereocenters. The Morgan fingerprint density at radius 2 is 1.61 bits per heavy atom. The van der Waals surface area contributed by atoms with E-state index in [4.69, 9.17) is 17.3 Å². The number of nitrogens with two attached hydrogens (primary N) is 1. The average molecular weight is 792 g/mol. The number of rotatable bonds is 20. The highest BCUT2D eigenvalue weighted by molar-refractivity contribution is 6.30. The molecule has 0 saturated heterocycles. The van der Waals surface area contributed by atoms with Gasteiger partial charge in [-0.2, -0.15) is 0 Å². The van der Waals surface area contributed by atoms with Crippen molar-refractivity contribution in [3.8, 4) is 5.75 Å². The molecule has 10 nitrogen and oxygen atoms in total. The molecule has 1 aliphatic carbocycles. The van der Waals surface area contributed by atoms with Crippen LogP contribution in [0.15, 0.2) is 97.5 Å². The first-order chi connectivity index (χ1) is 27.6. The SMILES string of the molecule is NCCCC(=O)N[C@@H](Cc1c[nH]c2ccc(O)cc12)C(=O)C[C@@H](Cc1ccc(Cl)cc1)C(=O)N[C@@H](Cc1ccncc1)C(=O)CCCC1=CCc2ccc(F)cc21. The topological polar surface area (TPSA) is 167 Å². The van der Waals surface area contributed by atoms with E-state index in [1.54, 1.807) is 79.3 Å². The number of carbonyl (C=O) groups excluding carboxylic acids is 4. The van der Waals surface area contributed by atoms with Gasteiger partial charge in [-0.25, -0.2) is 4.39 Å². The molecule has 6 N–H and O–H groups in total. The number of benzene rings is 3. The van der Waals surface area contributed by atoms with Gasteiger partial charge < -0.3 is 26.5 Å². The van der Waals surface area contributed by atoms with E-state index in [1.807, 2.05) is 0 Å². The number of Topliss-reactive ketones (excluding diaryl/α,β-unsaturated/α-hetero) is 2. The Hall–Kier alpha value is -5.65. The Kier molecular flexibility index (Phi) is 14.0. The summed E-state index contributed by atoms with van der Waals surface area (Å²) in [4.78, 5) is 62.9. The third-order valence-corrected chi connectivity index (χ3v) is 10.7. The molecule has 296 valence electrons. The first kappa shape index (κ1) is 41.0. The van der Waals surface area contributed by atoms with Crippen LogP contribution in [0.4, 0.5) is 4.39 Å². The van der Waals surface area contributed by atoms with E-state index >= 15 is 0 Å². The largest absolute Gasteiger partial charge is 0.508 e. The number of fused-ring (bicyclic) bond motifs is 2. The van der Waals surface area contributed by atoms with E-state index in [0.717, 1.165) is 39.8 Å². The van der Waals surface area contributed by atoms with Crippen molar-refractivity contribution in [1.29, 1.82) is 0 Å². The fourth-order valence-electron chi connectivity index (χ4n) is 7.40. The smallest absolute Gasteiger partial charge is 0.224 e. The van der Waals surface area contributed by atoms with Crippen LogP contribution in [0.5, 0.6) is 5.75 Å². The molecule has 0 saturated carbocycles. The monoisotopic (exact) mass is 791 g/mol. The number of aromatic amines is 1.